The number of ether oxygens (including phenoxy) is 2. The van der Waals surface area contributed by atoms with Gasteiger partial charge in [0.15, 0.2) is 0 Å². The van der Waals surface area contributed by atoms with E-state index in [-0.39, 0.29) is 18.1 Å². The molecule has 5 nitrogen and oxygen atoms in total. The van der Waals surface area contributed by atoms with Crippen molar-refractivity contribution in [2.24, 2.45) is 0 Å². The van der Waals surface area contributed by atoms with E-state index >= 15 is 0 Å². The van der Waals surface area contributed by atoms with Gasteiger partial charge in [0, 0.05) is 19.9 Å². The van der Waals surface area contributed by atoms with E-state index in [2.05, 4.69) is 4.98 Å². The van der Waals surface area contributed by atoms with Crippen LogP contribution in [-0.4, -0.2) is 48.3 Å². The summed E-state index contributed by atoms with van der Waals surface area (Å²) in [5.41, 5.74) is 1.86. The van der Waals surface area contributed by atoms with Gasteiger partial charge in [0.1, 0.15) is 6.10 Å². The maximum Gasteiger partial charge on any atom is 0.251 e. The van der Waals surface area contributed by atoms with Gasteiger partial charge in [0.05, 0.1) is 24.4 Å². The Morgan fingerprint density at radius 2 is 2.00 bits per heavy atom. The van der Waals surface area contributed by atoms with E-state index in [0.717, 1.165) is 37.1 Å². The highest BCUT2D eigenvalue weighted by atomic mass is 16.5. The topological polar surface area (TPSA) is 51.7 Å². The molecule has 1 aliphatic rings. The number of likely N-dealkylation sites (N-methyl/N-ethyl adjacent to an activating group) is 1. The smallest absolute Gasteiger partial charge is 0.251 e. The summed E-state index contributed by atoms with van der Waals surface area (Å²) in [6.07, 6.45) is 4.58. The Bertz CT molecular complexity index is 663. The zero-order valence-corrected chi connectivity index (χ0v) is 16.1. The minimum atomic E-state index is -0.532. The maximum absolute atomic E-state index is 13.0. The van der Waals surface area contributed by atoms with Crippen LogP contribution < -0.4 is 0 Å². The molecule has 3 rings (SSSR count). The summed E-state index contributed by atoms with van der Waals surface area (Å²) in [6, 6.07) is 15.5. The molecule has 0 radical (unpaired) electrons. The van der Waals surface area contributed by atoms with Crippen LogP contribution in [0.2, 0.25) is 0 Å². The van der Waals surface area contributed by atoms with Crippen LogP contribution in [-0.2, 0) is 14.3 Å². The lowest BCUT2D eigenvalue weighted by Crippen LogP contribution is -2.40. The van der Waals surface area contributed by atoms with Gasteiger partial charge in [-0.3, -0.25) is 9.78 Å². The summed E-state index contributed by atoms with van der Waals surface area (Å²) in [7, 11) is 1.81. The van der Waals surface area contributed by atoms with E-state index in [1.807, 2.05) is 62.5 Å². The average Bonchev–Trinajstić information content (AvgIpc) is 2.74. The molecule has 144 valence electrons. The van der Waals surface area contributed by atoms with Gasteiger partial charge in [-0.2, -0.15) is 0 Å². The van der Waals surface area contributed by atoms with Crippen LogP contribution in [0.25, 0.3) is 0 Å². The highest BCUT2D eigenvalue weighted by Gasteiger charge is 2.28. The first-order chi connectivity index (χ1) is 13.2. The monoisotopic (exact) mass is 368 g/mol. The highest BCUT2D eigenvalue weighted by molar-refractivity contribution is 5.81. The molecule has 1 aromatic heterocycles. The number of carbonyl (C=O) groups excluding carboxylic acids is 1. The second-order valence-corrected chi connectivity index (χ2v) is 6.98. The molecule has 5 heteroatoms. The molecule has 2 heterocycles. The van der Waals surface area contributed by atoms with Crippen LogP contribution >= 0.6 is 0 Å². The molecule has 3 unspecified atom stereocenters. The summed E-state index contributed by atoms with van der Waals surface area (Å²) in [5, 5.41) is 0. The second-order valence-electron chi connectivity index (χ2n) is 6.98. The Balaban J connectivity index is 1.71. The molecule has 0 spiro atoms. The van der Waals surface area contributed by atoms with Crippen LogP contribution in [0.1, 0.15) is 43.5 Å². The van der Waals surface area contributed by atoms with Gasteiger partial charge in [-0.05, 0) is 43.9 Å². The Hall–Kier alpha value is -2.24. The third-order valence-corrected chi connectivity index (χ3v) is 4.97. The molecule has 1 amide bonds. The van der Waals surface area contributed by atoms with Crippen LogP contribution in [0.15, 0.2) is 54.7 Å². The number of hydrogen-bond acceptors (Lipinski definition) is 4. The molecular formula is C22H28N2O3. The lowest BCUT2D eigenvalue weighted by molar-refractivity contribution is -0.146. The van der Waals surface area contributed by atoms with Crippen molar-refractivity contribution in [3.05, 3.63) is 66.0 Å². The maximum atomic E-state index is 13.0. The quantitative estimate of drug-likeness (QED) is 0.749. The van der Waals surface area contributed by atoms with Crippen molar-refractivity contribution in [1.82, 2.24) is 9.88 Å². The summed E-state index contributed by atoms with van der Waals surface area (Å²) in [5.74, 6) is -0.0645. The zero-order valence-electron chi connectivity index (χ0n) is 16.1. The Morgan fingerprint density at radius 3 is 2.67 bits per heavy atom. The van der Waals surface area contributed by atoms with Crippen molar-refractivity contribution in [3.8, 4) is 0 Å². The molecule has 0 saturated carbocycles. The van der Waals surface area contributed by atoms with Gasteiger partial charge in [-0.25, -0.2) is 0 Å². The fraction of sp³-hybridized carbons (Fsp3) is 0.455. The predicted octanol–water partition coefficient (Wildman–Crippen LogP) is 3.60. The molecule has 0 bridgehead atoms. The van der Waals surface area contributed by atoms with Crippen molar-refractivity contribution in [3.63, 3.8) is 0 Å². The average molecular weight is 368 g/mol. The van der Waals surface area contributed by atoms with Gasteiger partial charge in [0.25, 0.3) is 5.91 Å². The van der Waals surface area contributed by atoms with Crippen molar-refractivity contribution in [1.29, 1.82) is 0 Å². The summed E-state index contributed by atoms with van der Waals surface area (Å²) in [4.78, 5) is 19.2. The summed E-state index contributed by atoms with van der Waals surface area (Å²) in [6.45, 7) is 3.05. The fourth-order valence-corrected chi connectivity index (χ4v) is 3.44. The van der Waals surface area contributed by atoms with E-state index in [0.29, 0.717) is 6.61 Å². The first-order valence-corrected chi connectivity index (χ1v) is 9.62. The van der Waals surface area contributed by atoms with E-state index in [9.17, 15) is 4.79 Å². The van der Waals surface area contributed by atoms with E-state index < -0.39 is 6.10 Å². The number of rotatable bonds is 7. The number of pyridine rings is 1. The van der Waals surface area contributed by atoms with Crippen molar-refractivity contribution >= 4 is 5.91 Å². The molecule has 1 aliphatic heterocycles. The largest absolute Gasteiger partial charge is 0.376 e. The second kappa shape index (κ2) is 9.62. The SMILES string of the molecule is CC(OCC1CCCCO1)C(=O)N(C)C(c1ccccc1)c1ccccn1. The lowest BCUT2D eigenvalue weighted by Gasteiger charge is -2.31. The fourth-order valence-electron chi connectivity index (χ4n) is 3.44. The molecule has 1 saturated heterocycles. The number of nitrogens with zero attached hydrogens (tertiary/aromatic N) is 2. The first-order valence-electron chi connectivity index (χ1n) is 9.62. The number of carbonyl (C=O) groups is 1. The lowest BCUT2D eigenvalue weighted by atomic mass is 10.0. The Morgan fingerprint density at radius 1 is 1.22 bits per heavy atom. The zero-order chi connectivity index (χ0) is 19.1. The number of benzene rings is 1. The molecule has 1 aromatic carbocycles. The summed E-state index contributed by atoms with van der Waals surface area (Å²) < 4.78 is 11.5. The molecule has 3 atom stereocenters. The minimum absolute atomic E-state index is 0.0645. The van der Waals surface area contributed by atoms with E-state index in [1.165, 1.54) is 0 Å². The Labute approximate surface area is 161 Å². The van der Waals surface area contributed by atoms with Crippen LogP contribution in [0.5, 0.6) is 0 Å². The van der Waals surface area contributed by atoms with Crippen LogP contribution in [0, 0.1) is 0 Å². The number of hydrogen-bond donors (Lipinski definition) is 0. The van der Waals surface area contributed by atoms with E-state index in [1.54, 1.807) is 11.1 Å². The van der Waals surface area contributed by atoms with Gasteiger partial charge in [0.2, 0.25) is 0 Å². The third kappa shape index (κ3) is 5.15. The standard InChI is InChI=1S/C22H28N2O3/c1-17(27-16-19-12-7-9-15-26-19)22(25)24(2)21(18-10-4-3-5-11-18)20-13-6-8-14-23-20/h3-6,8,10-11,13-14,17,19,21H,7,9,12,15-16H2,1-2H3. The minimum Gasteiger partial charge on any atom is -0.376 e. The van der Waals surface area contributed by atoms with Crippen molar-refractivity contribution < 1.29 is 14.3 Å². The number of aromatic nitrogens is 1. The van der Waals surface area contributed by atoms with Crippen molar-refractivity contribution in [2.75, 3.05) is 20.3 Å². The molecule has 2 aromatic rings. The first kappa shape index (κ1) is 19.5. The van der Waals surface area contributed by atoms with Crippen molar-refractivity contribution in [2.45, 2.75) is 44.4 Å². The molecule has 27 heavy (non-hydrogen) atoms. The van der Waals surface area contributed by atoms with Crippen LogP contribution in [0.3, 0.4) is 0 Å². The van der Waals surface area contributed by atoms with Gasteiger partial charge in [-0.1, -0.05) is 36.4 Å². The van der Waals surface area contributed by atoms with Crippen LogP contribution in [0.4, 0.5) is 0 Å². The molecular weight excluding hydrogens is 340 g/mol. The normalized spacial score (nSPS) is 19.3. The number of amides is 1. The predicted molar refractivity (Wildman–Crippen MR) is 104 cm³/mol. The molecule has 0 N–H and O–H groups in total. The van der Waals surface area contributed by atoms with Gasteiger partial charge >= 0.3 is 0 Å². The van der Waals surface area contributed by atoms with Gasteiger partial charge < -0.3 is 14.4 Å². The molecule has 0 aliphatic carbocycles. The highest BCUT2D eigenvalue weighted by Crippen LogP contribution is 2.27. The Kier molecular flexibility index (Phi) is 6.96. The molecule has 1 fully saturated rings. The summed E-state index contributed by atoms with van der Waals surface area (Å²) >= 11 is 0. The third-order valence-electron chi connectivity index (χ3n) is 4.97. The van der Waals surface area contributed by atoms with E-state index in [4.69, 9.17) is 9.47 Å². The van der Waals surface area contributed by atoms with Gasteiger partial charge in [-0.15, -0.1) is 0 Å².